The van der Waals surface area contributed by atoms with Gasteiger partial charge in [0.25, 0.3) is 11.6 Å². The Kier molecular flexibility index (Phi) is 4.51. The van der Waals surface area contributed by atoms with Gasteiger partial charge in [0.1, 0.15) is 16.9 Å². The number of pyridine rings is 1. The van der Waals surface area contributed by atoms with Crippen molar-refractivity contribution in [1.29, 1.82) is 0 Å². The minimum atomic E-state index is -0.627. The molecule has 1 heterocycles. The van der Waals surface area contributed by atoms with Gasteiger partial charge in [-0.15, -0.1) is 0 Å². The van der Waals surface area contributed by atoms with Gasteiger partial charge in [-0.05, 0) is 18.9 Å². The van der Waals surface area contributed by atoms with Crippen LogP contribution < -0.4 is 0 Å². The Balaban J connectivity index is 2.30. The van der Waals surface area contributed by atoms with E-state index in [1.807, 2.05) is 0 Å². The SMILES string of the molecule is COCCN(C(=O)c1cc(Cl)ncc1[N+](=O)[O-])C1CC1. The average Bonchev–Trinajstić information content (AvgIpc) is 3.23. The molecule has 1 fully saturated rings. The highest BCUT2D eigenvalue weighted by molar-refractivity contribution is 6.29. The number of carbonyl (C=O) groups excluding carboxylic acids is 1. The molecule has 0 aliphatic heterocycles. The van der Waals surface area contributed by atoms with Crippen molar-refractivity contribution in [2.45, 2.75) is 18.9 Å². The normalized spacial score (nSPS) is 14.1. The second-order valence-corrected chi connectivity index (χ2v) is 4.89. The molecule has 1 aliphatic carbocycles. The van der Waals surface area contributed by atoms with E-state index in [0.717, 1.165) is 19.0 Å². The van der Waals surface area contributed by atoms with E-state index in [0.29, 0.717) is 13.2 Å². The number of methoxy groups -OCH3 is 1. The topological polar surface area (TPSA) is 85.6 Å². The van der Waals surface area contributed by atoms with E-state index in [1.54, 1.807) is 12.0 Å². The Labute approximate surface area is 120 Å². The van der Waals surface area contributed by atoms with Crippen LogP contribution >= 0.6 is 11.6 Å². The lowest BCUT2D eigenvalue weighted by molar-refractivity contribution is -0.385. The van der Waals surface area contributed by atoms with E-state index in [2.05, 4.69) is 4.98 Å². The van der Waals surface area contributed by atoms with Gasteiger partial charge in [0.15, 0.2) is 0 Å². The van der Waals surface area contributed by atoms with Gasteiger partial charge in [0, 0.05) is 19.7 Å². The van der Waals surface area contributed by atoms with Crippen LogP contribution in [0.1, 0.15) is 23.2 Å². The summed E-state index contributed by atoms with van der Waals surface area (Å²) in [6.07, 6.45) is 2.82. The number of rotatable bonds is 6. The molecule has 1 aromatic heterocycles. The smallest absolute Gasteiger partial charge is 0.300 e. The molecule has 1 aliphatic rings. The number of amides is 1. The predicted octanol–water partition coefficient (Wildman–Crippen LogP) is 1.89. The van der Waals surface area contributed by atoms with Crippen molar-refractivity contribution in [1.82, 2.24) is 9.88 Å². The summed E-state index contributed by atoms with van der Waals surface area (Å²) in [7, 11) is 1.54. The van der Waals surface area contributed by atoms with Crippen molar-refractivity contribution in [3.8, 4) is 0 Å². The minimum absolute atomic E-state index is 0.0296. The Morgan fingerprint density at radius 1 is 1.65 bits per heavy atom. The van der Waals surface area contributed by atoms with Gasteiger partial charge in [0.05, 0.1) is 11.5 Å². The molecule has 7 nitrogen and oxygen atoms in total. The minimum Gasteiger partial charge on any atom is -0.383 e. The van der Waals surface area contributed by atoms with Gasteiger partial charge in [-0.25, -0.2) is 4.98 Å². The maximum atomic E-state index is 12.5. The van der Waals surface area contributed by atoms with Gasteiger partial charge in [-0.1, -0.05) is 11.6 Å². The molecule has 0 spiro atoms. The molecule has 0 aromatic carbocycles. The van der Waals surface area contributed by atoms with E-state index in [1.165, 1.54) is 6.07 Å². The summed E-state index contributed by atoms with van der Waals surface area (Å²) in [5, 5.41) is 11.0. The zero-order valence-corrected chi connectivity index (χ0v) is 11.7. The van der Waals surface area contributed by atoms with Gasteiger partial charge >= 0.3 is 0 Å². The summed E-state index contributed by atoms with van der Waals surface area (Å²) in [4.78, 5) is 28.1. The molecule has 1 amide bonds. The van der Waals surface area contributed by atoms with Gasteiger partial charge in [0.2, 0.25) is 0 Å². The van der Waals surface area contributed by atoms with E-state index in [9.17, 15) is 14.9 Å². The number of ether oxygens (including phenoxy) is 1. The summed E-state index contributed by atoms with van der Waals surface area (Å²) < 4.78 is 4.97. The maximum Gasteiger partial charge on any atom is 0.300 e. The highest BCUT2D eigenvalue weighted by Crippen LogP contribution is 2.30. The molecule has 108 valence electrons. The van der Waals surface area contributed by atoms with E-state index in [-0.39, 0.29) is 22.4 Å². The van der Waals surface area contributed by atoms with Crippen LogP contribution in [0.4, 0.5) is 5.69 Å². The summed E-state index contributed by atoms with van der Waals surface area (Å²) in [6, 6.07) is 1.37. The third kappa shape index (κ3) is 3.23. The molecule has 0 atom stereocenters. The summed E-state index contributed by atoms with van der Waals surface area (Å²) >= 11 is 5.74. The molecule has 1 aromatic rings. The number of aromatic nitrogens is 1. The lowest BCUT2D eigenvalue weighted by Crippen LogP contribution is -2.36. The Hall–Kier alpha value is -1.73. The highest BCUT2D eigenvalue weighted by Gasteiger charge is 2.35. The van der Waals surface area contributed by atoms with Crippen LogP contribution in [0.25, 0.3) is 0 Å². The summed E-state index contributed by atoms with van der Waals surface area (Å²) in [6.45, 7) is 0.784. The molecular formula is C12H14ClN3O4. The fourth-order valence-electron chi connectivity index (χ4n) is 1.92. The number of nitrogens with zero attached hydrogens (tertiary/aromatic N) is 3. The van der Waals surface area contributed by atoms with Crippen LogP contribution in [0, 0.1) is 10.1 Å². The second kappa shape index (κ2) is 6.15. The third-order valence-electron chi connectivity index (χ3n) is 3.06. The highest BCUT2D eigenvalue weighted by atomic mass is 35.5. The lowest BCUT2D eigenvalue weighted by Gasteiger charge is -2.21. The standard InChI is InChI=1S/C12H14ClN3O4/c1-20-5-4-15(8-2-3-8)12(17)9-6-11(13)14-7-10(9)16(18)19/h6-8H,2-5H2,1H3. The third-order valence-corrected chi connectivity index (χ3v) is 3.27. The van der Waals surface area contributed by atoms with Crippen molar-refractivity contribution < 1.29 is 14.5 Å². The molecule has 0 unspecified atom stereocenters. The van der Waals surface area contributed by atoms with Gasteiger partial charge in [-0.3, -0.25) is 14.9 Å². The van der Waals surface area contributed by atoms with Crippen molar-refractivity contribution in [3.05, 3.63) is 33.1 Å². The molecule has 0 radical (unpaired) electrons. The number of hydrogen-bond acceptors (Lipinski definition) is 5. The Bertz CT molecular complexity index is 533. The van der Waals surface area contributed by atoms with Crippen molar-refractivity contribution in [3.63, 3.8) is 0 Å². The average molecular weight is 300 g/mol. The lowest BCUT2D eigenvalue weighted by atomic mass is 10.2. The van der Waals surface area contributed by atoms with Crippen molar-refractivity contribution >= 4 is 23.2 Å². The summed E-state index contributed by atoms with van der Waals surface area (Å²) in [5.41, 5.74) is -0.361. The predicted molar refractivity (Wildman–Crippen MR) is 71.8 cm³/mol. The zero-order chi connectivity index (χ0) is 14.7. The molecular weight excluding hydrogens is 286 g/mol. The maximum absolute atomic E-state index is 12.5. The molecule has 1 saturated carbocycles. The molecule has 2 rings (SSSR count). The van der Waals surface area contributed by atoms with Gasteiger partial charge in [-0.2, -0.15) is 0 Å². The number of hydrogen-bond donors (Lipinski definition) is 0. The number of halogens is 1. The molecule has 8 heteroatoms. The quantitative estimate of drug-likeness (QED) is 0.455. The Morgan fingerprint density at radius 2 is 2.35 bits per heavy atom. The number of carbonyl (C=O) groups is 1. The first-order chi connectivity index (χ1) is 9.54. The second-order valence-electron chi connectivity index (χ2n) is 4.50. The van der Waals surface area contributed by atoms with E-state index < -0.39 is 10.8 Å². The summed E-state index contributed by atoms with van der Waals surface area (Å²) in [5.74, 6) is -0.402. The first kappa shape index (κ1) is 14.7. The van der Waals surface area contributed by atoms with Crippen LogP contribution in [0.2, 0.25) is 5.15 Å². The fourth-order valence-corrected chi connectivity index (χ4v) is 2.08. The fraction of sp³-hybridized carbons (Fsp3) is 0.500. The van der Waals surface area contributed by atoms with Crippen LogP contribution in [-0.4, -0.2) is 47.0 Å². The van der Waals surface area contributed by atoms with E-state index in [4.69, 9.17) is 16.3 Å². The van der Waals surface area contributed by atoms with Crippen molar-refractivity contribution in [2.75, 3.05) is 20.3 Å². The van der Waals surface area contributed by atoms with Crippen LogP contribution in [0.5, 0.6) is 0 Å². The van der Waals surface area contributed by atoms with E-state index >= 15 is 0 Å². The molecule has 0 N–H and O–H groups in total. The zero-order valence-electron chi connectivity index (χ0n) is 10.9. The monoisotopic (exact) mass is 299 g/mol. The van der Waals surface area contributed by atoms with Crippen LogP contribution in [-0.2, 0) is 4.74 Å². The van der Waals surface area contributed by atoms with Crippen LogP contribution in [0.3, 0.4) is 0 Å². The van der Waals surface area contributed by atoms with Crippen molar-refractivity contribution in [2.24, 2.45) is 0 Å². The Morgan fingerprint density at radius 3 is 2.90 bits per heavy atom. The largest absolute Gasteiger partial charge is 0.383 e. The first-order valence-corrected chi connectivity index (χ1v) is 6.52. The van der Waals surface area contributed by atoms with Gasteiger partial charge < -0.3 is 9.64 Å². The molecule has 0 bridgehead atoms. The number of nitro groups is 1. The van der Waals surface area contributed by atoms with Crippen LogP contribution in [0.15, 0.2) is 12.3 Å². The first-order valence-electron chi connectivity index (χ1n) is 6.14. The molecule has 20 heavy (non-hydrogen) atoms. The molecule has 0 saturated heterocycles.